The second kappa shape index (κ2) is 9.59. The molecule has 31 heavy (non-hydrogen) atoms. The Bertz CT molecular complexity index is 1010. The molecular weight excluding hydrogens is 394 g/mol. The number of carbonyl (C=O) groups is 1. The van der Waals surface area contributed by atoms with Gasteiger partial charge in [0, 0.05) is 25.2 Å². The number of rotatable bonds is 6. The van der Waals surface area contributed by atoms with Crippen LogP contribution in [0.25, 0.3) is 11.5 Å². The summed E-state index contributed by atoms with van der Waals surface area (Å²) in [6, 6.07) is 11.3. The van der Waals surface area contributed by atoms with Crippen molar-refractivity contribution in [1.29, 1.82) is 0 Å². The molecule has 0 bridgehead atoms. The molecule has 1 fully saturated rings. The molecule has 0 unspecified atom stereocenters. The fourth-order valence-corrected chi connectivity index (χ4v) is 3.59. The molecule has 2 amide bonds. The van der Waals surface area contributed by atoms with Gasteiger partial charge in [-0.15, -0.1) is 0 Å². The molecule has 0 aliphatic carbocycles. The van der Waals surface area contributed by atoms with Crippen molar-refractivity contribution in [3.05, 3.63) is 54.0 Å². The van der Waals surface area contributed by atoms with Crippen LogP contribution in [0.15, 0.2) is 47.1 Å². The number of urea groups is 1. The van der Waals surface area contributed by atoms with Crippen LogP contribution in [0.4, 0.5) is 10.5 Å². The molecule has 1 aliphatic heterocycles. The number of hydrogen-bond acceptors (Lipinski definition) is 6. The van der Waals surface area contributed by atoms with Crippen molar-refractivity contribution >= 4 is 11.7 Å². The van der Waals surface area contributed by atoms with Crippen LogP contribution in [0, 0.1) is 6.92 Å². The van der Waals surface area contributed by atoms with Gasteiger partial charge >= 0.3 is 6.03 Å². The molecule has 1 aromatic carbocycles. The van der Waals surface area contributed by atoms with E-state index in [0.717, 1.165) is 24.8 Å². The molecule has 0 radical (unpaired) electrons. The third-order valence-electron chi connectivity index (χ3n) is 5.31. The normalized spacial score (nSPS) is 14.5. The van der Waals surface area contributed by atoms with E-state index in [4.69, 9.17) is 9.26 Å². The summed E-state index contributed by atoms with van der Waals surface area (Å²) < 4.78 is 11.3. The van der Waals surface area contributed by atoms with Crippen molar-refractivity contribution in [2.24, 2.45) is 0 Å². The summed E-state index contributed by atoms with van der Waals surface area (Å²) in [6.07, 6.45) is 4.15. The lowest BCUT2D eigenvalue weighted by molar-refractivity contribution is 0.187. The summed E-state index contributed by atoms with van der Waals surface area (Å²) in [5.74, 6) is 1.94. The van der Waals surface area contributed by atoms with Crippen molar-refractivity contribution in [2.45, 2.75) is 39.0 Å². The lowest BCUT2D eigenvalue weighted by Crippen LogP contribution is -2.40. The minimum atomic E-state index is -0.122. The smallest absolute Gasteiger partial charge is 0.321 e. The zero-order valence-electron chi connectivity index (χ0n) is 17.9. The lowest BCUT2D eigenvalue weighted by Gasteiger charge is -2.30. The number of nitrogens with zero attached hydrogens (tertiary/aromatic N) is 4. The SMILES string of the molecule is CCCOc1cc(C)ccc1NC(=O)N1CCC(c2nc(-c3ccccn3)no2)CC1. The zero-order chi connectivity index (χ0) is 21.6. The highest BCUT2D eigenvalue weighted by Crippen LogP contribution is 2.30. The van der Waals surface area contributed by atoms with E-state index >= 15 is 0 Å². The van der Waals surface area contributed by atoms with Gasteiger partial charge < -0.3 is 19.5 Å². The molecule has 8 heteroatoms. The number of pyridine rings is 1. The minimum absolute atomic E-state index is 0.122. The van der Waals surface area contributed by atoms with Gasteiger partial charge in [0.2, 0.25) is 11.7 Å². The molecule has 1 saturated heterocycles. The predicted molar refractivity (Wildman–Crippen MR) is 117 cm³/mol. The Morgan fingerprint density at radius 2 is 2.10 bits per heavy atom. The Balaban J connectivity index is 1.35. The Morgan fingerprint density at radius 3 is 2.84 bits per heavy atom. The Morgan fingerprint density at radius 1 is 1.26 bits per heavy atom. The molecule has 1 aliphatic rings. The fraction of sp³-hybridized carbons (Fsp3) is 0.391. The molecule has 8 nitrogen and oxygen atoms in total. The number of ether oxygens (including phenoxy) is 1. The van der Waals surface area contributed by atoms with Crippen molar-refractivity contribution in [2.75, 3.05) is 25.0 Å². The number of aryl methyl sites for hydroxylation is 1. The molecule has 1 N–H and O–H groups in total. The second-order valence-corrected chi connectivity index (χ2v) is 7.71. The van der Waals surface area contributed by atoms with E-state index in [-0.39, 0.29) is 11.9 Å². The van der Waals surface area contributed by atoms with Crippen LogP contribution in [0.1, 0.15) is 43.6 Å². The summed E-state index contributed by atoms with van der Waals surface area (Å²) in [7, 11) is 0. The highest BCUT2D eigenvalue weighted by Gasteiger charge is 2.28. The first-order valence-corrected chi connectivity index (χ1v) is 10.7. The third-order valence-corrected chi connectivity index (χ3v) is 5.31. The quantitative estimate of drug-likeness (QED) is 0.623. The topological polar surface area (TPSA) is 93.4 Å². The summed E-state index contributed by atoms with van der Waals surface area (Å²) in [6.45, 7) is 5.92. The molecule has 2 aromatic heterocycles. The van der Waals surface area contributed by atoms with Crippen LogP contribution < -0.4 is 10.1 Å². The van der Waals surface area contributed by atoms with Crippen molar-refractivity contribution < 1.29 is 14.1 Å². The predicted octanol–water partition coefficient (Wildman–Crippen LogP) is 4.64. The highest BCUT2D eigenvalue weighted by atomic mass is 16.5. The van der Waals surface area contributed by atoms with E-state index < -0.39 is 0 Å². The largest absolute Gasteiger partial charge is 0.491 e. The number of amides is 2. The van der Waals surface area contributed by atoms with Crippen LogP contribution in [-0.2, 0) is 0 Å². The van der Waals surface area contributed by atoms with E-state index in [9.17, 15) is 4.79 Å². The molecule has 162 valence electrons. The first-order valence-electron chi connectivity index (χ1n) is 10.7. The molecule has 3 heterocycles. The average Bonchev–Trinajstić information content (AvgIpc) is 3.30. The first-order chi connectivity index (χ1) is 15.1. The molecule has 0 saturated carbocycles. The second-order valence-electron chi connectivity index (χ2n) is 7.71. The first kappa shape index (κ1) is 20.8. The molecule has 3 aromatic rings. The summed E-state index contributed by atoms with van der Waals surface area (Å²) in [5.41, 5.74) is 2.48. The number of carbonyl (C=O) groups excluding carboxylic acids is 1. The maximum atomic E-state index is 12.8. The van der Waals surface area contributed by atoms with Gasteiger partial charge in [-0.25, -0.2) is 4.79 Å². The van der Waals surface area contributed by atoms with Gasteiger partial charge in [0.05, 0.1) is 12.3 Å². The minimum Gasteiger partial charge on any atom is -0.491 e. The van der Waals surface area contributed by atoms with Gasteiger partial charge in [-0.05, 0) is 56.0 Å². The number of anilines is 1. The Hall–Kier alpha value is -3.42. The van der Waals surface area contributed by atoms with Gasteiger partial charge in [0.25, 0.3) is 0 Å². The van der Waals surface area contributed by atoms with Crippen LogP contribution >= 0.6 is 0 Å². The number of aromatic nitrogens is 3. The Labute approximate surface area is 181 Å². The number of likely N-dealkylation sites (tertiary alicyclic amines) is 1. The maximum Gasteiger partial charge on any atom is 0.321 e. The Kier molecular flexibility index (Phi) is 6.45. The number of piperidine rings is 1. The standard InChI is InChI=1S/C23H27N5O3/c1-3-14-30-20-15-16(2)7-8-18(20)25-23(29)28-12-9-17(10-13-28)22-26-21(27-31-22)19-6-4-5-11-24-19/h4-8,11,15,17H,3,9-10,12-14H2,1-2H3,(H,25,29). The van der Waals surface area contributed by atoms with Crippen molar-refractivity contribution in [3.63, 3.8) is 0 Å². The van der Waals surface area contributed by atoms with Crippen LogP contribution in [0.5, 0.6) is 5.75 Å². The van der Waals surface area contributed by atoms with Crippen LogP contribution in [0.3, 0.4) is 0 Å². The molecular formula is C23H27N5O3. The van der Waals surface area contributed by atoms with Gasteiger partial charge in [-0.1, -0.05) is 24.2 Å². The van der Waals surface area contributed by atoms with E-state index in [1.807, 2.05) is 48.2 Å². The van der Waals surface area contributed by atoms with E-state index in [1.165, 1.54) is 0 Å². The summed E-state index contributed by atoms with van der Waals surface area (Å²) in [4.78, 5) is 23.4. The van der Waals surface area contributed by atoms with E-state index in [2.05, 4.69) is 27.4 Å². The summed E-state index contributed by atoms with van der Waals surface area (Å²) >= 11 is 0. The van der Waals surface area contributed by atoms with Gasteiger partial charge in [0.1, 0.15) is 11.4 Å². The maximum absolute atomic E-state index is 12.8. The average molecular weight is 422 g/mol. The lowest BCUT2D eigenvalue weighted by atomic mass is 9.97. The van der Waals surface area contributed by atoms with Gasteiger partial charge in [0.15, 0.2) is 0 Å². The van der Waals surface area contributed by atoms with Crippen molar-refractivity contribution in [3.8, 4) is 17.3 Å². The molecule has 0 atom stereocenters. The van der Waals surface area contributed by atoms with Gasteiger partial charge in [-0.3, -0.25) is 4.98 Å². The fourth-order valence-electron chi connectivity index (χ4n) is 3.59. The number of benzene rings is 1. The monoisotopic (exact) mass is 421 g/mol. The number of hydrogen-bond donors (Lipinski definition) is 1. The van der Waals surface area contributed by atoms with Gasteiger partial charge in [-0.2, -0.15) is 4.98 Å². The van der Waals surface area contributed by atoms with Crippen LogP contribution in [0.2, 0.25) is 0 Å². The van der Waals surface area contributed by atoms with Crippen molar-refractivity contribution in [1.82, 2.24) is 20.0 Å². The highest BCUT2D eigenvalue weighted by molar-refractivity contribution is 5.91. The zero-order valence-corrected chi connectivity index (χ0v) is 17.9. The van der Waals surface area contributed by atoms with E-state index in [0.29, 0.717) is 48.5 Å². The third kappa shape index (κ3) is 5.02. The molecule has 4 rings (SSSR count). The number of nitrogens with one attached hydrogen (secondary N) is 1. The van der Waals surface area contributed by atoms with E-state index in [1.54, 1.807) is 6.20 Å². The summed E-state index contributed by atoms with van der Waals surface area (Å²) in [5, 5.41) is 7.06. The van der Waals surface area contributed by atoms with Crippen LogP contribution in [-0.4, -0.2) is 45.8 Å². The molecule has 0 spiro atoms.